The van der Waals surface area contributed by atoms with Crippen molar-refractivity contribution >= 4 is 11.9 Å². The predicted molar refractivity (Wildman–Crippen MR) is 66.8 cm³/mol. The largest absolute Gasteiger partial charge is 0.385 e. The number of carbonyl (C=O) groups excluding carboxylic acids is 1. The summed E-state index contributed by atoms with van der Waals surface area (Å²) in [6.45, 7) is 4.52. The maximum absolute atomic E-state index is 12.0. The second-order valence-electron chi connectivity index (χ2n) is 6.27. The Morgan fingerprint density at radius 3 is 2.41 bits per heavy atom. The number of nitrogens with zero attached hydrogens (tertiary/aromatic N) is 2. The molecule has 0 bridgehead atoms. The van der Waals surface area contributed by atoms with Gasteiger partial charge in [-0.25, -0.2) is 4.79 Å². The highest BCUT2D eigenvalue weighted by Gasteiger charge is 2.55. The third-order valence-corrected chi connectivity index (χ3v) is 4.45. The van der Waals surface area contributed by atoms with Crippen molar-refractivity contribution in [1.29, 1.82) is 0 Å². The Morgan fingerprint density at radius 2 is 1.88 bits per heavy atom. The Bertz CT molecular complexity index is 376. The Hall–Kier alpha value is -1.06. The van der Waals surface area contributed by atoms with Crippen LogP contribution in [0, 0.1) is 11.8 Å². The van der Waals surface area contributed by atoms with E-state index >= 15 is 0 Å². The van der Waals surface area contributed by atoms with Crippen LogP contribution in [0.3, 0.4) is 0 Å². The maximum atomic E-state index is 12.0. The Labute approximate surface area is 102 Å². The van der Waals surface area contributed by atoms with E-state index in [1.165, 1.54) is 6.42 Å². The number of hydrogen-bond donors (Lipinski definition) is 1. The van der Waals surface area contributed by atoms with Crippen LogP contribution in [-0.2, 0) is 0 Å². The van der Waals surface area contributed by atoms with Gasteiger partial charge in [0.1, 0.15) is 11.4 Å². The van der Waals surface area contributed by atoms with Crippen LogP contribution < -0.4 is 5.73 Å². The van der Waals surface area contributed by atoms with Crippen molar-refractivity contribution in [2.45, 2.75) is 57.5 Å². The molecule has 2 aliphatic carbocycles. The fraction of sp³-hybridized carbons (Fsp3) is 0.846. The summed E-state index contributed by atoms with van der Waals surface area (Å²) < 4.78 is 0. The second kappa shape index (κ2) is 3.47. The monoisotopic (exact) mass is 235 g/mol. The smallest absolute Gasteiger partial charge is 0.346 e. The molecule has 1 spiro atoms. The summed E-state index contributed by atoms with van der Waals surface area (Å²) in [5.74, 6) is 1.83. The number of amides is 2. The number of nitrogens with two attached hydrogens (primary N) is 1. The van der Waals surface area contributed by atoms with Gasteiger partial charge in [-0.05, 0) is 43.9 Å². The van der Waals surface area contributed by atoms with Gasteiger partial charge in [-0.15, -0.1) is 0 Å². The minimum atomic E-state index is -0.241. The molecular weight excluding hydrogens is 214 g/mol. The standard InChI is InChI=1S/C13H21N3O/c1-8-5-9(2)7-13(6-8)11(14)15-12(17)16(13)10-3-4-10/h8-10H,3-7H2,1-2H3,(H2,14,15,17). The fourth-order valence-electron chi connectivity index (χ4n) is 3.90. The van der Waals surface area contributed by atoms with Crippen LogP contribution >= 0.6 is 0 Å². The van der Waals surface area contributed by atoms with Crippen LogP contribution in [0.15, 0.2) is 4.99 Å². The first-order valence-electron chi connectivity index (χ1n) is 6.71. The summed E-state index contributed by atoms with van der Waals surface area (Å²) >= 11 is 0. The number of rotatable bonds is 1. The molecule has 2 saturated carbocycles. The first-order chi connectivity index (χ1) is 8.03. The van der Waals surface area contributed by atoms with Crippen LogP contribution in [0.25, 0.3) is 0 Å². The topological polar surface area (TPSA) is 58.7 Å². The van der Waals surface area contributed by atoms with E-state index < -0.39 is 0 Å². The van der Waals surface area contributed by atoms with E-state index in [-0.39, 0.29) is 11.6 Å². The lowest BCUT2D eigenvalue weighted by molar-refractivity contribution is 0.0960. The highest BCUT2D eigenvalue weighted by molar-refractivity contribution is 6.06. The molecular formula is C13H21N3O. The average Bonchev–Trinajstić information content (AvgIpc) is 2.96. The molecule has 3 rings (SSSR count). The summed E-state index contributed by atoms with van der Waals surface area (Å²) in [6.07, 6.45) is 5.48. The van der Waals surface area contributed by atoms with Crippen molar-refractivity contribution in [1.82, 2.24) is 4.90 Å². The first-order valence-corrected chi connectivity index (χ1v) is 6.71. The molecule has 2 atom stereocenters. The van der Waals surface area contributed by atoms with Crippen molar-refractivity contribution in [3.8, 4) is 0 Å². The zero-order valence-corrected chi connectivity index (χ0v) is 10.6. The molecule has 1 aliphatic heterocycles. The van der Waals surface area contributed by atoms with Crippen molar-refractivity contribution < 1.29 is 4.79 Å². The minimum Gasteiger partial charge on any atom is -0.385 e. The van der Waals surface area contributed by atoms with Gasteiger partial charge in [0.2, 0.25) is 0 Å². The summed E-state index contributed by atoms with van der Waals surface area (Å²) in [4.78, 5) is 18.1. The summed E-state index contributed by atoms with van der Waals surface area (Å²) in [5, 5.41) is 0. The summed E-state index contributed by atoms with van der Waals surface area (Å²) in [5.41, 5.74) is 5.86. The zero-order valence-electron chi connectivity index (χ0n) is 10.6. The van der Waals surface area contributed by atoms with E-state index in [2.05, 4.69) is 18.8 Å². The Kier molecular flexibility index (Phi) is 2.25. The quantitative estimate of drug-likeness (QED) is 0.757. The number of aliphatic imine (C=N–C) groups is 1. The fourth-order valence-corrected chi connectivity index (χ4v) is 3.90. The lowest BCUT2D eigenvalue weighted by Gasteiger charge is -2.45. The number of amidine groups is 1. The molecule has 3 aliphatic rings. The SMILES string of the molecule is CC1CC(C)CC2(C1)C(N)=NC(=O)N2C1CC1. The van der Waals surface area contributed by atoms with E-state index in [0.29, 0.717) is 23.7 Å². The maximum Gasteiger partial charge on any atom is 0.346 e. The van der Waals surface area contributed by atoms with Gasteiger partial charge in [-0.3, -0.25) is 0 Å². The first kappa shape index (κ1) is 11.1. The Balaban J connectivity index is 1.96. The molecule has 2 unspecified atom stereocenters. The van der Waals surface area contributed by atoms with Crippen molar-refractivity contribution in [2.24, 2.45) is 22.6 Å². The van der Waals surface area contributed by atoms with Crippen LogP contribution in [0.2, 0.25) is 0 Å². The van der Waals surface area contributed by atoms with E-state index in [1.54, 1.807) is 0 Å². The van der Waals surface area contributed by atoms with E-state index in [0.717, 1.165) is 25.7 Å². The van der Waals surface area contributed by atoms with Crippen molar-refractivity contribution in [3.05, 3.63) is 0 Å². The molecule has 0 aromatic carbocycles. The normalized spacial score (nSPS) is 42.1. The number of urea groups is 1. The van der Waals surface area contributed by atoms with E-state index in [9.17, 15) is 4.79 Å². The predicted octanol–water partition coefficient (Wildman–Crippen LogP) is 2.14. The molecule has 1 heterocycles. The number of carbonyl (C=O) groups is 1. The van der Waals surface area contributed by atoms with Gasteiger partial charge in [0, 0.05) is 6.04 Å². The van der Waals surface area contributed by atoms with Gasteiger partial charge in [-0.1, -0.05) is 13.8 Å². The zero-order chi connectivity index (χ0) is 12.2. The average molecular weight is 235 g/mol. The van der Waals surface area contributed by atoms with Gasteiger partial charge >= 0.3 is 6.03 Å². The second-order valence-corrected chi connectivity index (χ2v) is 6.27. The summed E-state index contributed by atoms with van der Waals surface area (Å²) in [7, 11) is 0. The van der Waals surface area contributed by atoms with Gasteiger partial charge in [0.15, 0.2) is 0 Å². The van der Waals surface area contributed by atoms with Crippen molar-refractivity contribution in [2.75, 3.05) is 0 Å². The molecule has 2 amide bonds. The van der Waals surface area contributed by atoms with Gasteiger partial charge in [0.25, 0.3) is 0 Å². The van der Waals surface area contributed by atoms with Crippen LogP contribution in [0.4, 0.5) is 4.79 Å². The van der Waals surface area contributed by atoms with Gasteiger partial charge in [-0.2, -0.15) is 4.99 Å². The van der Waals surface area contributed by atoms with E-state index in [1.807, 2.05) is 4.90 Å². The van der Waals surface area contributed by atoms with Gasteiger partial charge < -0.3 is 10.6 Å². The van der Waals surface area contributed by atoms with E-state index in [4.69, 9.17) is 5.73 Å². The molecule has 4 heteroatoms. The molecule has 0 saturated heterocycles. The van der Waals surface area contributed by atoms with Gasteiger partial charge in [0.05, 0.1) is 0 Å². The number of hydrogen-bond acceptors (Lipinski definition) is 2. The van der Waals surface area contributed by atoms with Crippen molar-refractivity contribution in [3.63, 3.8) is 0 Å². The molecule has 2 fully saturated rings. The highest BCUT2D eigenvalue weighted by Crippen LogP contribution is 2.47. The molecule has 2 N–H and O–H groups in total. The third-order valence-electron chi connectivity index (χ3n) is 4.45. The molecule has 4 nitrogen and oxygen atoms in total. The Morgan fingerprint density at radius 1 is 1.29 bits per heavy atom. The van der Waals surface area contributed by atoms with Crippen LogP contribution in [0.1, 0.15) is 46.0 Å². The molecule has 0 aromatic rings. The molecule has 17 heavy (non-hydrogen) atoms. The van der Waals surface area contributed by atoms with Crippen LogP contribution in [0.5, 0.6) is 0 Å². The lowest BCUT2D eigenvalue weighted by atomic mass is 9.70. The highest BCUT2D eigenvalue weighted by atomic mass is 16.2. The third kappa shape index (κ3) is 1.57. The minimum absolute atomic E-state index is 0.0914. The summed E-state index contributed by atoms with van der Waals surface area (Å²) in [6, 6.07) is 0.316. The molecule has 94 valence electrons. The molecule has 0 radical (unpaired) electrons. The molecule has 0 aromatic heterocycles. The van der Waals surface area contributed by atoms with Crippen LogP contribution in [-0.4, -0.2) is 28.3 Å². The lowest BCUT2D eigenvalue weighted by Crippen LogP contribution is -2.58.